The summed E-state index contributed by atoms with van der Waals surface area (Å²) in [6, 6.07) is 9.15. The zero-order valence-electron chi connectivity index (χ0n) is 20.3. The Bertz CT molecular complexity index is 1010. The maximum atomic E-state index is 12.7. The highest BCUT2D eigenvalue weighted by Crippen LogP contribution is 2.24. The largest absolute Gasteiger partial charge is 0.573 e. The number of nitrogens with zero attached hydrogens (tertiary/aromatic N) is 1. The number of amides is 2. The standard InChI is InChI=1S/C25H28F6N2O5/c26-24(27,28)37-20-10-6-18(7-11-20)22(35)32-14-4-2-1-3-5-15-33(16-17-34)23(36)19-8-12-21(13-9-19)38-25(29,30)31/h6-13,34H,1-5,14-17H2,(H,32,35). The molecule has 13 heteroatoms. The van der Waals surface area contributed by atoms with Gasteiger partial charge in [-0.15, -0.1) is 26.3 Å². The molecule has 2 rings (SSSR count). The van der Waals surface area contributed by atoms with Crippen LogP contribution in [0.3, 0.4) is 0 Å². The summed E-state index contributed by atoms with van der Waals surface area (Å²) in [7, 11) is 0. The number of aliphatic hydroxyl groups is 1. The van der Waals surface area contributed by atoms with Crippen LogP contribution < -0.4 is 14.8 Å². The summed E-state index contributed by atoms with van der Waals surface area (Å²) in [6.07, 6.45) is -5.96. The summed E-state index contributed by atoms with van der Waals surface area (Å²) in [5.74, 6) is -1.69. The fourth-order valence-corrected chi connectivity index (χ4v) is 3.49. The molecule has 0 saturated carbocycles. The summed E-state index contributed by atoms with van der Waals surface area (Å²) < 4.78 is 81.0. The van der Waals surface area contributed by atoms with Gasteiger partial charge in [0, 0.05) is 30.8 Å². The third-order valence-corrected chi connectivity index (χ3v) is 5.23. The van der Waals surface area contributed by atoms with Crippen molar-refractivity contribution in [3.63, 3.8) is 0 Å². The normalized spacial score (nSPS) is 11.7. The molecule has 2 N–H and O–H groups in total. The van der Waals surface area contributed by atoms with Gasteiger partial charge in [0.25, 0.3) is 11.8 Å². The molecule has 0 atom stereocenters. The van der Waals surface area contributed by atoms with Crippen LogP contribution >= 0.6 is 0 Å². The van der Waals surface area contributed by atoms with Crippen LogP contribution in [-0.4, -0.2) is 60.8 Å². The van der Waals surface area contributed by atoms with Crippen LogP contribution in [0.1, 0.15) is 52.8 Å². The van der Waals surface area contributed by atoms with Gasteiger partial charge in [-0.05, 0) is 61.4 Å². The molecule has 0 spiro atoms. The molecule has 2 aromatic carbocycles. The van der Waals surface area contributed by atoms with E-state index in [1.54, 1.807) is 0 Å². The first kappa shape index (κ1) is 30.7. The third kappa shape index (κ3) is 11.7. The lowest BCUT2D eigenvalue weighted by atomic mass is 10.1. The predicted molar refractivity (Wildman–Crippen MR) is 125 cm³/mol. The molecule has 7 nitrogen and oxygen atoms in total. The smallest absolute Gasteiger partial charge is 0.406 e. The Kier molecular flexibility index (Phi) is 11.7. The van der Waals surface area contributed by atoms with Crippen molar-refractivity contribution in [3.8, 4) is 11.5 Å². The average Bonchev–Trinajstić information content (AvgIpc) is 2.83. The zero-order chi connectivity index (χ0) is 28.2. The summed E-state index contributed by atoms with van der Waals surface area (Å²) >= 11 is 0. The number of rotatable bonds is 14. The lowest BCUT2D eigenvalue weighted by Crippen LogP contribution is -2.34. The van der Waals surface area contributed by atoms with Crippen LogP contribution in [0.25, 0.3) is 0 Å². The van der Waals surface area contributed by atoms with E-state index in [1.807, 2.05) is 0 Å². The van der Waals surface area contributed by atoms with E-state index < -0.39 is 36.0 Å². The van der Waals surface area contributed by atoms with E-state index in [0.717, 1.165) is 43.5 Å². The second kappa shape index (κ2) is 14.5. The molecule has 0 radical (unpaired) electrons. The highest BCUT2D eigenvalue weighted by Gasteiger charge is 2.31. The number of hydrogen-bond donors (Lipinski definition) is 2. The summed E-state index contributed by atoms with van der Waals surface area (Å²) in [6.45, 7) is 0.543. The van der Waals surface area contributed by atoms with E-state index in [4.69, 9.17) is 0 Å². The van der Waals surface area contributed by atoms with Crippen molar-refractivity contribution < 1.29 is 50.5 Å². The van der Waals surface area contributed by atoms with Crippen LogP contribution in [0.4, 0.5) is 26.3 Å². The van der Waals surface area contributed by atoms with Crippen molar-refractivity contribution in [3.05, 3.63) is 59.7 Å². The Morgan fingerprint density at radius 2 is 1.18 bits per heavy atom. The minimum Gasteiger partial charge on any atom is -0.406 e. The highest BCUT2D eigenvalue weighted by molar-refractivity contribution is 5.94. The number of carbonyl (C=O) groups excluding carboxylic acids is 2. The van der Waals surface area contributed by atoms with Gasteiger partial charge in [-0.2, -0.15) is 0 Å². The van der Waals surface area contributed by atoms with Gasteiger partial charge in [0.1, 0.15) is 11.5 Å². The van der Waals surface area contributed by atoms with Crippen LogP contribution in [0.15, 0.2) is 48.5 Å². The second-order valence-electron chi connectivity index (χ2n) is 8.18. The summed E-state index contributed by atoms with van der Waals surface area (Å²) in [5, 5.41) is 12.0. The topological polar surface area (TPSA) is 88.1 Å². The molecular formula is C25H28F6N2O5. The van der Waals surface area contributed by atoms with Crippen molar-refractivity contribution in [2.45, 2.75) is 44.8 Å². The van der Waals surface area contributed by atoms with Crippen molar-refractivity contribution >= 4 is 11.8 Å². The molecule has 0 saturated heterocycles. The van der Waals surface area contributed by atoms with Crippen molar-refractivity contribution in [2.24, 2.45) is 0 Å². The minimum atomic E-state index is -4.83. The van der Waals surface area contributed by atoms with Gasteiger partial charge in [-0.3, -0.25) is 9.59 Å². The van der Waals surface area contributed by atoms with Crippen LogP contribution in [-0.2, 0) is 0 Å². The molecule has 210 valence electrons. The Labute approximate surface area is 215 Å². The SMILES string of the molecule is O=C(NCCCCCCCN(CCO)C(=O)c1ccc(OC(F)(F)F)cc1)c1ccc(OC(F)(F)F)cc1. The fraction of sp³-hybridized carbons (Fsp3) is 0.440. The number of unbranched alkanes of at least 4 members (excludes halogenated alkanes) is 4. The summed E-state index contributed by atoms with van der Waals surface area (Å²) in [5.41, 5.74) is 0.377. The van der Waals surface area contributed by atoms with E-state index in [9.17, 15) is 41.0 Å². The van der Waals surface area contributed by atoms with Gasteiger partial charge in [0.2, 0.25) is 0 Å². The first-order chi connectivity index (χ1) is 17.9. The van der Waals surface area contributed by atoms with E-state index in [-0.39, 0.29) is 24.3 Å². The average molecular weight is 550 g/mol. The monoisotopic (exact) mass is 550 g/mol. The third-order valence-electron chi connectivity index (χ3n) is 5.23. The molecule has 0 bridgehead atoms. The van der Waals surface area contributed by atoms with E-state index in [1.165, 1.54) is 29.2 Å². The van der Waals surface area contributed by atoms with Crippen LogP contribution in [0.5, 0.6) is 11.5 Å². The number of benzene rings is 2. The lowest BCUT2D eigenvalue weighted by Gasteiger charge is -2.22. The Morgan fingerprint density at radius 3 is 1.68 bits per heavy atom. The van der Waals surface area contributed by atoms with Gasteiger partial charge < -0.3 is 24.8 Å². The van der Waals surface area contributed by atoms with E-state index in [0.29, 0.717) is 25.9 Å². The van der Waals surface area contributed by atoms with Crippen molar-refractivity contribution in [1.29, 1.82) is 0 Å². The zero-order valence-corrected chi connectivity index (χ0v) is 20.3. The molecule has 0 heterocycles. The van der Waals surface area contributed by atoms with Crippen LogP contribution in [0, 0.1) is 0 Å². The number of halogens is 6. The molecule has 2 aromatic rings. The molecule has 0 aliphatic carbocycles. The maximum absolute atomic E-state index is 12.7. The number of alkyl halides is 6. The molecule has 0 aliphatic rings. The number of aliphatic hydroxyl groups excluding tert-OH is 1. The van der Waals surface area contributed by atoms with Gasteiger partial charge in [0.15, 0.2) is 0 Å². The summed E-state index contributed by atoms with van der Waals surface area (Å²) in [4.78, 5) is 26.2. The van der Waals surface area contributed by atoms with Gasteiger partial charge in [-0.25, -0.2) is 0 Å². The Hall–Kier alpha value is -3.48. The van der Waals surface area contributed by atoms with E-state index in [2.05, 4.69) is 14.8 Å². The molecular weight excluding hydrogens is 522 g/mol. The molecule has 38 heavy (non-hydrogen) atoms. The van der Waals surface area contributed by atoms with Gasteiger partial charge in [0.05, 0.1) is 6.61 Å². The number of ether oxygens (including phenoxy) is 2. The van der Waals surface area contributed by atoms with Crippen molar-refractivity contribution in [1.82, 2.24) is 10.2 Å². The van der Waals surface area contributed by atoms with E-state index >= 15 is 0 Å². The predicted octanol–water partition coefficient (Wildman–Crippen LogP) is 5.30. The van der Waals surface area contributed by atoms with Crippen LogP contribution in [0.2, 0.25) is 0 Å². The Morgan fingerprint density at radius 1 is 0.711 bits per heavy atom. The molecule has 0 unspecified atom stereocenters. The first-order valence-electron chi connectivity index (χ1n) is 11.8. The maximum Gasteiger partial charge on any atom is 0.573 e. The van der Waals surface area contributed by atoms with Gasteiger partial charge in [-0.1, -0.05) is 19.3 Å². The molecule has 0 aliphatic heterocycles. The quantitative estimate of drug-likeness (QED) is 0.246. The second-order valence-corrected chi connectivity index (χ2v) is 8.18. The minimum absolute atomic E-state index is 0.0784. The molecule has 0 fully saturated rings. The van der Waals surface area contributed by atoms with Gasteiger partial charge >= 0.3 is 12.7 Å². The Balaban J connectivity index is 1.66. The highest BCUT2D eigenvalue weighted by atomic mass is 19.4. The lowest BCUT2D eigenvalue weighted by molar-refractivity contribution is -0.275. The fourth-order valence-electron chi connectivity index (χ4n) is 3.49. The number of nitrogens with one attached hydrogen (secondary N) is 1. The number of hydrogen-bond acceptors (Lipinski definition) is 5. The first-order valence-corrected chi connectivity index (χ1v) is 11.8. The van der Waals surface area contributed by atoms with Crippen molar-refractivity contribution in [2.75, 3.05) is 26.2 Å². The molecule has 0 aromatic heterocycles. The number of carbonyl (C=O) groups is 2. The molecule has 2 amide bonds.